The highest BCUT2D eigenvalue weighted by Crippen LogP contribution is 2.34. The molecule has 0 unspecified atom stereocenters. The van der Waals surface area contributed by atoms with Gasteiger partial charge in [-0.25, -0.2) is 4.39 Å². The smallest absolute Gasteiger partial charge is 0.137 e. The number of benzene rings is 1. The van der Waals surface area contributed by atoms with Crippen molar-refractivity contribution in [3.63, 3.8) is 0 Å². The van der Waals surface area contributed by atoms with Gasteiger partial charge in [-0.1, -0.05) is 51.3 Å². The lowest BCUT2D eigenvalue weighted by Gasteiger charge is -2.30. The molecule has 96 valence electrons. The van der Waals surface area contributed by atoms with E-state index in [9.17, 15) is 4.39 Å². The Morgan fingerprint density at radius 2 is 1.88 bits per heavy atom. The average molecular weight is 431 g/mol. The third-order valence-corrected chi connectivity index (χ3v) is 5.90. The summed E-state index contributed by atoms with van der Waals surface area (Å²) in [5.41, 5.74) is 1.39. The standard InChI is InChI=1S/C13H16Br3F/c1-2-5-13(8-14,9-15)7-10-3-4-12(17)11(16)6-10/h3-4,6H,2,5,7-9H2,1H3. The summed E-state index contributed by atoms with van der Waals surface area (Å²) in [5, 5.41) is 1.90. The third-order valence-electron chi connectivity index (χ3n) is 2.91. The van der Waals surface area contributed by atoms with E-state index in [1.54, 1.807) is 0 Å². The summed E-state index contributed by atoms with van der Waals surface area (Å²) in [6.45, 7) is 2.20. The molecule has 0 saturated heterocycles. The van der Waals surface area contributed by atoms with Crippen molar-refractivity contribution in [2.45, 2.75) is 26.2 Å². The molecule has 1 aromatic rings. The van der Waals surface area contributed by atoms with E-state index in [1.807, 2.05) is 12.1 Å². The van der Waals surface area contributed by atoms with Crippen LogP contribution < -0.4 is 0 Å². The van der Waals surface area contributed by atoms with Crippen LogP contribution in [0.5, 0.6) is 0 Å². The van der Waals surface area contributed by atoms with E-state index in [0.29, 0.717) is 4.47 Å². The molecule has 0 aliphatic carbocycles. The SMILES string of the molecule is CCCC(CBr)(CBr)Cc1ccc(F)c(Br)c1. The van der Waals surface area contributed by atoms with Crippen LogP contribution >= 0.6 is 47.8 Å². The van der Waals surface area contributed by atoms with Crippen LogP contribution in [0.2, 0.25) is 0 Å². The Hall–Kier alpha value is 0.590. The maximum absolute atomic E-state index is 13.2. The Morgan fingerprint density at radius 3 is 2.35 bits per heavy atom. The Kier molecular flexibility index (Phi) is 6.67. The topological polar surface area (TPSA) is 0 Å². The molecule has 0 spiro atoms. The van der Waals surface area contributed by atoms with Crippen LogP contribution in [0.1, 0.15) is 25.3 Å². The van der Waals surface area contributed by atoms with E-state index in [0.717, 1.165) is 29.9 Å². The minimum Gasteiger partial charge on any atom is -0.206 e. The summed E-state index contributed by atoms with van der Waals surface area (Å²) in [4.78, 5) is 0. The summed E-state index contributed by atoms with van der Waals surface area (Å²) >= 11 is 10.5. The van der Waals surface area contributed by atoms with Gasteiger partial charge in [-0.05, 0) is 51.9 Å². The van der Waals surface area contributed by atoms with Crippen molar-refractivity contribution in [1.82, 2.24) is 0 Å². The largest absolute Gasteiger partial charge is 0.206 e. The molecule has 0 aromatic heterocycles. The lowest BCUT2D eigenvalue weighted by molar-refractivity contribution is 0.351. The maximum atomic E-state index is 13.2. The minimum atomic E-state index is -0.201. The predicted molar refractivity (Wildman–Crippen MR) is 82.7 cm³/mol. The van der Waals surface area contributed by atoms with Gasteiger partial charge in [-0.3, -0.25) is 0 Å². The van der Waals surface area contributed by atoms with Crippen LogP contribution in [0.3, 0.4) is 0 Å². The van der Waals surface area contributed by atoms with Gasteiger partial charge in [0.15, 0.2) is 0 Å². The van der Waals surface area contributed by atoms with Crippen molar-refractivity contribution in [1.29, 1.82) is 0 Å². The molecule has 0 radical (unpaired) electrons. The summed E-state index contributed by atoms with van der Waals surface area (Å²) in [6, 6.07) is 5.28. The van der Waals surface area contributed by atoms with Gasteiger partial charge in [0.1, 0.15) is 5.82 Å². The summed E-state index contributed by atoms with van der Waals surface area (Å²) in [5.74, 6) is -0.201. The zero-order valence-electron chi connectivity index (χ0n) is 9.78. The molecule has 4 heteroatoms. The van der Waals surface area contributed by atoms with Crippen molar-refractivity contribution in [3.8, 4) is 0 Å². The summed E-state index contributed by atoms with van der Waals surface area (Å²) in [6.07, 6.45) is 3.26. The number of halogens is 4. The first kappa shape index (κ1) is 15.6. The van der Waals surface area contributed by atoms with Gasteiger partial charge < -0.3 is 0 Å². The molecule has 0 aliphatic heterocycles. The fourth-order valence-electron chi connectivity index (χ4n) is 1.97. The molecule has 0 N–H and O–H groups in total. The highest BCUT2D eigenvalue weighted by Gasteiger charge is 2.27. The molecular formula is C13H16Br3F. The van der Waals surface area contributed by atoms with Crippen LogP contribution in [0, 0.1) is 11.2 Å². The van der Waals surface area contributed by atoms with Crippen molar-refractivity contribution in [3.05, 3.63) is 34.1 Å². The molecule has 1 aromatic carbocycles. The highest BCUT2D eigenvalue weighted by molar-refractivity contribution is 9.10. The fraction of sp³-hybridized carbons (Fsp3) is 0.538. The Balaban J connectivity index is 2.89. The normalized spacial score (nSPS) is 11.8. The molecule has 1 rings (SSSR count). The zero-order valence-corrected chi connectivity index (χ0v) is 14.5. The van der Waals surface area contributed by atoms with Crippen LogP contribution in [0.25, 0.3) is 0 Å². The van der Waals surface area contributed by atoms with Crippen molar-refractivity contribution < 1.29 is 4.39 Å². The van der Waals surface area contributed by atoms with Gasteiger partial charge in [0, 0.05) is 10.7 Å². The first-order chi connectivity index (χ1) is 8.06. The van der Waals surface area contributed by atoms with Gasteiger partial charge >= 0.3 is 0 Å². The van der Waals surface area contributed by atoms with Gasteiger partial charge in [-0.15, -0.1) is 0 Å². The van der Waals surface area contributed by atoms with Crippen LogP contribution in [-0.2, 0) is 6.42 Å². The van der Waals surface area contributed by atoms with Crippen molar-refractivity contribution in [2.75, 3.05) is 10.7 Å². The van der Waals surface area contributed by atoms with Gasteiger partial charge in [0.2, 0.25) is 0 Å². The molecule has 0 atom stereocenters. The number of hydrogen-bond acceptors (Lipinski definition) is 0. The van der Waals surface area contributed by atoms with Crippen molar-refractivity contribution >= 4 is 47.8 Å². The average Bonchev–Trinajstić information content (AvgIpc) is 2.33. The lowest BCUT2D eigenvalue weighted by Crippen LogP contribution is -2.27. The first-order valence-electron chi connectivity index (χ1n) is 5.63. The van der Waals surface area contributed by atoms with E-state index in [1.165, 1.54) is 11.6 Å². The van der Waals surface area contributed by atoms with Crippen LogP contribution in [0.15, 0.2) is 22.7 Å². The van der Waals surface area contributed by atoms with E-state index >= 15 is 0 Å². The van der Waals surface area contributed by atoms with E-state index in [2.05, 4.69) is 54.7 Å². The Labute approximate surface area is 128 Å². The Bertz CT molecular complexity index is 362. The number of alkyl halides is 2. The molecular weight excluding hydrogens is 415 g/mol. The molecule has 0 bridgehead atoms. The third kappa shape index (κ3) is 4.32. The zero-order chi connectivity index (χ0) is 12.9. The number of hydrogen-bond donors (Lipinski definition) is 0. The molecule has 17 heavy (non-hydrogen) atoms. The fourth-order valence-corrected chi connectivity index (χ4v) is 4.28. The minimum absolute atomic E-state index is 0.201. The van der Waals surface area contributed by atoms with Crippen LogP contribution in [0.4, 0.5) is 4.39 Å². The first-order valence-corrected chi connectivity index (χ1v) is 8.66. The monoisotopic (exact) mass is 428 g/mol. The molecule has 0 fully saturated rings. The summed E-state index contributed by atoms with van der Waals surface area (Å²) in [7, 11) is 0. The molecule has 0 nitrogen and oxygen atoms in total. The highest BCUT2D eigenvalue weighted by atomic mass is 79.9. The second kappa shape index (κ2) is 7.25. The van der Waals surface area contributed by atoms with Crippen LogP contribution in [-0.4, -0.2) is 10.7 Å². The maximum Gasteiger partial charge on any atom is 0.137 e. The summed E-state index contributed by atoms with van der Waals surface area (Å²) < 4.78 is 13.7. The molecule has 0 saturated carbocycles. The molecule has 0 amide bonds. The van der Waals surface area contributed by atoms with E-state index < -0.39 is 0 Å². The predicted octanol–water partition coefficient (Wildman–Crippen LogP) is 5.71. The number of rotatable bonds is 6. The van der Waals surface area contributed by atoms with Gasteiger partial charge in [0.25, 0.3) is 0 Å². The lowest BCUT2D eigenvalue weighted by atomic mass is 9.82. The molecule has 0 heterocycles. The second-order valence-corrected chi connectivity index (χ2v) is 6.42. The van der Waals surface area contributed by atoms with E-state index in [-0.39, 0.29) is 11.2 Å². The van der Waals surface area contributed by atoms with Crippen molar-refractivity contribution in [2.24, 2.45) is 5.41 Å². The second-order valence-electron chi connectivity index (χ2n) is 4.44. The van der Waals surface area contributed by atoms with E-state index in [4.69, 9.17) is 0 Å². The Morgan fingerprint density at radius 1 is 1.24 bits per heavy atom. The van der Waals surface area contributed by atoms with Gasteiger partial charge in [0.05, 0.1) is 4.47 Å². The molecule has 0 aliphatic rings. The van der Waals surface area contributed by atoms with Gasteiger partial charge in [-0.2, -0.15) is 0 Å². The quantitative estimate of drug-likeness (QED) is 0.507.